The summed E-state index contributed by atoms with van der Waals surface area (Å²) in [6, 6.07) is 0. The Morgan fingerprint density at radius 1 is 0.833 bits per heavy atom. The molecule has 0 bridgehead atoms. The van der Waals surface area contributed by atoms with E-state index < -0.39 is 0 Å². The molecule has 6 heteroatoms. The van der Waals surface area contributed by atoms with Gasteiger partial charge in [0, 0.05) is 0 Å². The zero-order valence-corrected chi connectivity index (χ0v) is 9.30. The minimum absolute atomic E-state index is 0.576. The van der Waals surface area contributed by atoms with Crippen LogP contribution in [0.5, 0.6) is 0 Å². The Kier molecular flexibility index (Phi) is 3.47. The van der Waals surface area contributed by atoms with Gasteiger partial charge in [0.1, 0.15) is 0 Å². The van der Waals surface area contributed by atoms with Gasteiger partial charge in [0.25, 0.3) is 5.39 Å². The molecule has 86 valence electrons. The zero-order chi connectivity index (χ0) is 12.8. The Morgan fingerprint density at radius 3 is 1.78 bits per heavy atom. The monoisotopic (exact) mass is 236 g/mol. The van der Waals surface area contributed by atoms with E-state index in [1.54, 1.807) is 24.3 Å². The summed E-state index contributed by atoms with van der Waals surface area (Å²) >= 11 is 0. The Bertz CT molecular complexity index is 583. The van der Waals surface area contributed by atoms with Crippen LogP contribution in [0.1, 0.15) is 0 Å². The molecular weight excluding hydrogens is 228 g/mol. The average molecular weight is 236 g/mol. The molecule has 6 nitrogen and oxygen atoms in total. The van der Waals surface area contributed by atoms with Gasteiger partial charge in [-0.05, 0) is 29.0 Å². The van der Waals surface area contributed by atoms with Crippen molar-refractivity contribution in [1.29, 1.82) is 5.39 Å². The number of allylic oxidation sites excluding steroid dienone is 10. The molecule has 2 rings (SSSR count). The van der Waals surface area contributed by atoms with Gasteiger partial charge in [0.05, 0.1) is 0 Å². The van der Waals surface area contributed by atoms with Crippen molar-refractivity contribution in [2.75, 3.05) is 0 Å². The highest BCUT2D eigenvalue weighted by molar-refractivity contribution is 6.07. The number of rotatable bonds is 1. The van der Waals surface area contributed by atoms with Crippen molar-refractivity contribution in [1.82, 2.24) is 0 Å². The molecule has 0 aromatic carbocycles. The predicted octanol–water partition coefficient (Wildman–Crippen LogP) is 3.12. The van der Waals surface area contributed by atoms with E-state index in [-0.39, 0.29) is 0 Å². The van der Waals surface area contributed by atoms with E-state index in [9.17, 15) is 0 Å². The van der Waals surface area contributed by atoms with Gasteiger partial charge in [0.2, 0.25) is 0 Å². The van der Waals surface area contributed by atoms with E-state index in [1.807, 2.05) is 24.3 Å². The molecule has 0 radical (unpaired) electrons. The first-order chi connectivity index (χ1) is 8.83. The summed E-state index contributed by atoms with van der Waals surface area (Å²) < 4.78 is 0. The van der Waals surface area contributed by atoms with Crippen LogP contribution in [-0.2, 0) is 0 Å². The zero-order valence-electron chi connectivity index (χ0n) is 9.30. The summed E-state index contributed by atoms with van der Waals surface area (Å²) in [6.07, 6.45) is 14.5. The third kappa shape index (κ3) is 2.59. The van der Waals surface area contributed by atoms with Crippen LogP contribution in [0.2, 0.25) is 0 Å². The topological polar surface area (TPSA) is 87.5 Å². The molecule has 2 aliphatic carbocycles. The SMILES string of the molecule is N#[N+]N=C1C=CC(=C2C=CC(=NN=[N-])C=C2)C=C1. The lowest BCUT2D eigenvalue weighted by Crippen LogP contribution is -1.97. The largest absolute Gasteiger partial charge is 0.362 e. The molecule has 0 N–H and O–H groups in total. The second-order valence-electron chi connectivity index (χ2n) is 3.47. The van der Waals surface area contributed by atoms with Crippen LogP contribution in [0, 0.1) is 5.39 Å². The lowest BCUT2D eigenvalue weighted by atomic mass is 9.98. The van der Waals surface area contributed by atoms with Gasteiger partial charge in [-0.15, -0.1) is 0 Å². The fourth-order valence-corrected chi connectivity index (χ4v) is 1.54. The van der Waals surface area contributed by atoms with Crippen LogP contribution in [-0.4, -0.2) is 11.4 Å². The van der Waals surface area contributed by atoms with Gasteiger partial charge in [-0.25, -0.2) is 0 Å². The first-order valence-corrected chi connectivity index (χ1v) is 5.14. The number of nitrogens with zero attached hydrogens (tertiary/aromatic N) is 6. The highest BCUT2D eigenvalue weighted by Crippen LogP contribution is 2.17. The minimum Gasteiger partial charge on any atom is -0.362 e. The van der Waals surface area contributed by atoms with Crippen molar-refractivity contribution in [2.45, 2.75) is 0 Å². The predicted molar refractivity (Wildman–Crippen MR) is 69.3 cm³/mol. The average Bonchev–Trinajstić information content (AvgIpc) is 2.41. The Labute approximate surface area is 103 Å². The lowest BCUT2D eigenvalue weighted by molar-refractivity contribution is 1.22. The van der Waals surface area contributed by atoms with Gasteiger partial charge in [-0.1, -0.05) is 36.5 Å². The van der Waals surface area contributed by atoms with E-state index in [4.69, 9.17) is 10.9 Å². The molecule has 0 spiro atoms. The van der Waals surface area contributed by atoms with E-state index in [0.717, 1.165) is 11.1 Å². The van der Waals surface area contributed by atoms with E-state index in [1.165, 1.54) is 0 Å². The van der Waals surface area contributed by atoms with E-state index >= 15 is 0 Å². The molecule has 18 heavy (non-hydrogen) atoms. The van der Waals surface area contributed by atoms with Gasteiger partial charge >= 0.3 is 5.08 Å². The third-order valence-electron chi connectivity index (χ3n) is 2.39. The maximum Gasteiger partial charge on any atom is 0.339 e. The number of hydrogen-bond acceptors (Lipinski definition) is 3. The maximum absolute atomic E-state index is 8.31. The summed E-state index contributed by atoms with van der Waals surface area (Å²) in [5, 5.41) is 20.8. The van der Waals surface area contributed by atoms with Crippen LogP contribution >= 0.6 is 0 Å². The Hall–Kier alpha value is -2.94. The molecule has 0 aliphatic heterocycles. The van der Waals surface area contributed by atoms with Gasteiger partial charge in [0.15, 0.2) is 10.8 Å². The minimum atomic E-state index is 0.576. The number of diazo groups is 1. The highest BCUT2D eigenvalue weighted by Gasteiger charge is 2.05. The second-order valence-corrected chi connectivity index (χ2v) is 3.47. The summed E-state index contributed by atoms with van der Waals surface area (Å²) in [5.74, 6) is 0. The molecule has 0 fully saturated rings. The molecule has 0 saturated carbocycles. The molecule has 0 aromatic rings. The first kappa shape index (κ1) is 11.5. The second kappa shape index (κ2) is 5.41. The molecule has 0 saturated heterocycles. The quantitative estimate of drug-likeness (QED) is 0.390. The molecule has 0 heterocycles. The van der Waals surface area contributed by atoms with Crippen LogP contribution in [0.25, 0.3) is 10.6 Å². The van der Waals surface area contributed by atoms with Crippen LogP contribution < -0.4 is 0 Å². The van der Waals surface area contributed by atoms with Gasteiger partial charge in [-0.2, -0.15) is 0 Å². The Balaban J connectivity index is 2.23. The van der Waals surface area contributed by atoms with E-state index in [2.05, 4.69) is 20.5 Å². The van der Waals surface area contributed by atoms with Crippen LogP contribution in [0.15, 0.2) is 75.2 Å². The molecule has 0 aromatic heterocycles. The smallest absolute Gasteiger partial charge is 0.339 e. The molecule has 2 aliphatic rings. The van der Waals surface area contributed by atoms with Crippen molar-refractivity contribution < 1.29 is 0 Å². The fourth-order valence-electron chi connectivity index (χ4n) is 1.54. The van der Waals surface area contributed by atoms with Crippen molar-refractivity contribution in [3.63, 3.8) is 0 Å². The summed E-state index contributed by atoms with van der Waals surface area (Å²) in [4.78, 5) is 0. The summed E-state index contributed by atoms with van der Waals surface area (Å²) in [6.45, 7) is 0. The van der Waals surface area contributed by atoms with Gasteiger partial charge < -0.3 is 10.6 Å². The van der Waals surface area contributed by atoms with Crippen molar-refractivity contribution in [2.24, 2.45) is 15.4 Å². The van der Waals surface area contributed by atoms with Gasteiger partial charge in [-0.3, -0.25) is 5.22 Å². The van der Waals surface area contributed by atoms with E-state index in [0.29, 0.717) is 11.4 Å². The van der Waals surface area contributed by atoms with Crippen LogP contribution in [0.3, 0.4) is 0 Å². The maximum atomic E-state index is 8.31. The fraction of sp³-hybridized carbons (Fsp3) is 0. The standard InChI is InChI=1S/C12H8N6/c13-17-15-11-5-1-9(2-6-11)10-3-7-12(8-4-10)16-18-14/h1-8H. The lowest BCUT2D eigenvalue weighted by Gasteiger charge is -2.09. The summed E-state index contributed by atoms with van der Waals surface area (Å²) in [7, 11) is 0. The molecular formula is C12H8N6. The molecule has 0 unspecified atom stereocenters. The van der Waals surface area contributed by atoms with Crippen molar-refractivity contribution in [3.05, 3.63) is 70.4 Å². The Morgan fingerprint density at radius 2 is 1.33 bits per heavy atom. The third-order valence-corrected chi connectivity index (χ3v) is 2.39. The molecule has 0 amide bonds. The highest BCUT2D eigenvalue weighted by atomic mass is 15.3. The normalized spacial score (nSPS) is 16.8. The van der Waals surface area contributed by atoms with Crippen molar-refractivity contribution >= 4 is 11.4 Å². The summed E-state index contributed by atoms with van der Waals surface area (Å²) in [5.41, 5.74) is 11.5. The van der Waals surface area contributed by atoms with Crippen LogP contribution in [0.4, 0.5) is 0 Å². The molecule has 0 atom stereocenters. The number of hydrogen-bond donors (Lipinski definition) is 0. The van der Waals surface area contributed by atoms with Crippen molar-refractivity contribution in [3.8, 4) is 0 Å². The first-order valence-electron chi connectivity index (χ1n) is 5.14.